The van der Waals surface area contributed by atoms with Gasteiger partial charge in [-0.15, -0.1) is 0 Å². The summed E-state index contributed by atoms with van der Waals surface area (Å²) in [5, 5.41) is 10.4. The molecule has 2 aromatic rings. The molecule has 0 saturated carbocycles. The first-order valence-electron chi connectivity index (χ1n) is 6.61. The molecule has 7 nitrogen and oxygen atoms in total. The average molecular weight is 318 g/mol. The number of hydrogen-bond donors (Lipinski definition) is 2. The molecule has 2 aromatic heterocycles. The molecule has 0 bridgehead atoms. The summed E-state index contributed by atoms with van der Waals surface area (Å²) in [5.41, 5.74) is -2.60. The Kier molecular flexibility index (Phi) is 3.44. The number of fused-ring (bicyclic) bond motifs is 1. The third-order valence-electron chi connectivity index (χ3n) is 3.51. The Morgan fingerprint density at radius 3 is 2.91 bits per heavy atom. The van der Waals surface area contributed by atoms with Crippen LogP contribution in [0.1, 0.15) is 18.7 Å². The Hall–Kier alpha value is -1.94. The molecular formula is C12H13F3N4O3. The molecule has 0 aromatic carbocycles. The lowest BCUT2D eigenvalue weighted by molar-refractivity contribution is -0.144. The van der Waals surface area contributed by atoms with E-state index in [0.717, 1.165) is 0 Å². The summed E-state index contributed by atoms with van der Waals surface area (Å²) in [7, 11) is 0. The summed E-state index contributed by atoms with van der Waals surface area (Å²) in [6.07, 6.45) is -2.49. The zero-order valence-corrected chi connectivity index (χ0v) is 11.4. The smallest absolute Gasteiger partial charge is 0.386 e. The van der Waals surface area contributed by atoms with Crippen LogP contribution >= 0.6 is 0 Å². The van der Waals surface area contributed by atoms with Gasteiger partial charge in [0, 0.05) is 6.61 Å². The molecule has 22 heavy (non-hydrogen) atoms. The van der Waals surface area contributed by atoms with Crippen molar-refractivity contribution in [1.82, 2.24) is 19.5 Å². The minimum Gasteiger partial charge on any atom is -0.386 e. The second kappa shape index (κ2) is 5.06. The van der Waals surface area contributed by atoms with Gasteiger partial charge in [-0.3, -0.25) is 4.79 Å². The van der Waals surface area contributed by atoms with Crippen molar-refractivity contribution < 1.29 is 23.0 Å². The second-order valence-electron chi connectivity index (χ2n) is 5.34. The largest absolute Gasteiger partial charge is 0.449 e. The summed E-state index contributed by atoms with van der Waals surface area (Å²) >= 11 is 0. The zero-order chi connectivity index (χ0) is 16.0. The first-order valence-corrected chi connectivity index (χ1v) is 6.61. The lowest BCUT2D eigenvalue weighted by Gasteiger charge is -2.32. The van der Waals surface area contributed by atoms with Crippen molar-refractivity contribution in [1.29, 1.82) is 0 Å². The highest BCUT2D eigenvalue weighted by Crippen LogP contribution is 2.27. The molecule has 0 spiro atoms. The first-order chi connectivity index (χ1) is 10.3. The van der Waals surface area contributed by atoms with Crippen LogP contribution in [-0.4, -0.2) is 43.4 Å². The molecule has 0 aliphatic carbocycles. The Morgan fingerprint density at radius 2 is 2.27 bits per heavy atom. The van der Waals surface area contributed by atoms with Gasteiger partial charge < -0.3 is 19.4 Å². The number of halogens is 3. The number of hydrogen-bond acceptors (Lipinski definition) is 5. The maximum absolute atomic E-state index is 12.7. The maximum Gasteiger partial charge on any atom is 0.449 e. The van der Waals surface area contributed by atoms with Crippen molar-refractivity contribution in [3.8, 4) is 0 Å². The lowest BCUT2D eigenvalue weighted by atomic mass is 9.97. The van der Waals surface area contributed by atoms with Crippen LogP contribution in [0.15, 0.2) is 11.1 Å². The molecule has 1 unspecified atom stereocenters. The van der Waals surface area contributed by atoms with E-state index < -0.39 is 23.2 Å². The van der Waals surface area contributed by atoms with Gasteiger partial charge in [-0.25, -0.2) is 9.97 Å². The topological polar surface area (TPSA) is 93.0 Å². The Balaban J connectivity index is 2.03. The van der Waals surface area contributed by atoms with Gasteiger partial charge in [-0.2, -0.15) is 13.2 Å². The Morgan fingerprint density at radius 1 is 1.50 bits per heavy atom. The number of ether oxygens (including phenoxy) is 1. The molecule has 1 aliphatic rings. The lowest BCUT2D eigenvalue weighted by Crippen LogP contribution is -2.42. The van der Waals surface area contributed by atoms with Gasteiger partial charge in [0.2, 0.25) is 5.82 Å². The minimum absolute atomic E-state index is 0.0444. The van der Waals surface area contributed by atoms with Gasteiger partial charge in [0.05, 0.1) is 19.5 Å². The predicted octanol–water partition coefficient (Wildman–Crippen LogP) is 0.680. The first kappa shape index (κ1) is 15.0. The van der Waals surface area contributed by atoms with Gasteiger partial charge in [-0.1, -0.05) is 0 Å². The highest BCUT2D eigenvalue weighted by atomic mass is 19.4. The van der Waals surface area contributed by atoms with Gasteiger partial charge in [0.15, 0.2) is 11.2 Å². The fourth-order valence-electron chi connectivity index (χ4n) is 2.48. The van der Waals surface area contributed by atoms with E-state index in [4.69, 9.17) is 4.74 Å². The predicted molar refractivity (Wildman–Crippen MR) is 68.2 cm³/mol. The van der Waals surface area contributed by atoms with Crippen molar-refractivity contribution in [2.75, 3.05) is 13.2 Å². The number of nitrogens with zero attached hydrogens (tertiary/aromatic N) is 3. The van der Waals surface area contributed by atoms with Crippen LogP contribution in [0.5, 0.6) is 0 Å². The van der Waals surface area contributed by atoms with Gasteiger partial charge in [0.25, 0.3) is 5.56 Å². The number of imidazole rings is 1. The van der Waals surface area contributed by atoms with Crippen molar-refractivity contribution in [3.63, 3.8) is 0 Å². The molecule has 1 aliphatic heterocycles. The molecule has 1 atom stereocenters. The molecule has 0 radical (unpaired) electrons. The highest BCUT2D eigenvalue weighted by Gasteiger charge is 2.36. The van der Waals surface area contributed by atoms with Crippen LogP contribution in [0.4, 0.5) is 13.2 Å². The summed E-state index contributed by atoms with van der Waals surface area (Å²) in [6.45, 7) is 0.558. The molecular weight excluding hydrogens is 305 g/mol. The highest BCUT2D eigenvalue weighted by molar-refractivity contribution is 5.69. The van der Waals surface area contributed by atoms with E-state index in [1.807, 2.05) is 0 Å². The van der Waals surface area contributed by atoms with E-state index >= 15 is 0 Å². The summed E-state index contributed by atoms with van der Waals surface area (Å²) in [4.78, 5) is 20.5. The number of rotatable bonds is 2. The van der Waals surface area contributed by atoms with Crippen LogP contribution in [0.2, 0.25) is 0 Å². The van der Waals surface area contributed by atoms with Crippen LogP contribution in [-0.2, 0) is 17.5 Å². The van der Waals surface area contributed by atoms with E-state index in [2.05, 4.69) is 9.97 Å². The van der Waals surface area contributed by atoms with Crippen LogP contribution in [0.3, 0.4) is 0 Å². The van der Waals surface area contributed by atoms with E-state index in [0.29, 0.717) is 19.4 Å². The fraction of sp³-hybridized carbons (Fsp3) is 0.583. The molecule has 1 saturated heterocycles. The summed E-state index contributed by atoms with van der Waals surface area (Å²) < 4.78 is 44.6. The summed E-state index contributed by atoms with van der Waals surface area (Å²) in [6, 6.07) is 0. The van der Waals surface area contributed by atoms with Crippen molar-refractivity contribution >= 4 is 11.2 Å². The molecule has 3 heterocycles. The number of alkyl halides is 3. The molecule has 10 heteroatoms. The van der Waals surface area contributed by atoms with Crippen LogP contribution in [0.25, 0.3) is 11.2 Å². The van der Waals surface area contributed by atoms with Gasteiger partial charge >= 0.3 is 6.18 Å². The van der Waals surface area contributed by atoms with E-state index in [9.17, 15) is 23.1 Å². The number of aromatic nitrogens is 4. The monoisotopic (exact) mass is 318 g/mol. The second-order valence-corrected chi connectivity index (χ2v) is 5.34. The number of nitrogens with one attached hydrogen (secondary N) is 1. The van der Waals surface area contributed by atoms with E-state index in [1.54, 1.807) is 4.98 Å². The normalized spacial score (nSPS) is 23.1. The Labute approximate surface area is 121 Å². The minimum atomic E-state index is -4.77. The van der Waals surface area contributed by atoms with Crippen molar-refractivity contribution in [3.05, 3.63) is 22.5 Å². The molecule has 120 valence electrons. The van der Waals surface area contributed by atoms with Crippen LogP contribution in [0, 0.1) is 0 Å². The Bertz CT molecular complexity index is 746. The quantitative estimate of drug-likeness (QED) is 0.849. The fourth-order valence-corrected chi connectivity index (χ4v) is 2.48. The number of aromatic amines is 1. The maximum atomic E-state index is 12.7. The van der Waals surface area contributed by atoms with Gasteiger partial charge in [-0.05, 0) is 12.8 Å². The number of aliphatic hydroxyl groups is 1. The average Bonchev–Trinajstić information content (AvgIpc) is 2.82. The zero-order valence-electron chi connectivity index (χ0n) is 11.4. The molecule has 0 amide bonds. The van der Waals surface area contributed by atoms with Gasteiger partial charge in [0.1, 0.15) is 5.60 Å². The third-order valence-corrected chi connectivity index (χ3v) is 3.51. The van der Waals surface area contributed by atoms with Crippen LogP contribution < -0.4 is 5.56 Å². The number of H-pyrrole nitrogens is 1. The SMILES string of the molecule is O=c1[nH]c(C(F)(F)F)nc2c1ncn2CC1(O)CCCOC1. The molecule has 2 N–H and O–H groups in total. The molecule has 1 fully saturated rings. The molecule has 3 rings (SSSR count). The van der Waals surface area contributed by atoms with E-state index in [-0.39, 0.29) is 24.3 Å². The van der Waals surface area contributed by atoms with Crippen molar-refractivity contribution in [2.45, 2.75) is 31.2 Å². The van der Waals surface area contributed by atoms with Crippen molar-refractivity contribution in [2.24, 2.45) is 0 Å². The van der Waals surface area contributed by atoms with E-state index in [1.165, 1.54) is 10.9 Å². The third kappa shape index (κ3) is 2.71. The standard InChI is InChI=1S/C12H13F3N4O3/c13-12(14,15)10-17-8-7(9(20)18-10)16-6-19(8)4-11(21)2-1-3-22-5-11/h6,21H,1-5H2,(H,17,18,20). The summed E-state index contributed by atoms with van der Waals surface area (Å²) in [5.74, 6) is -1.39.